The van der Waals surface area contributed by atoms with E-state index in [0.717, 1.165) is 22.5 Å². The van der Waals surface area contributed by atoms with Gasteiger partial charge in [0.25, 0.3) is 5.69 Å². The molecule has 0 amide bonds. The predicted molar refractivity (Wildman–Crippen MR) is 83.9 cm³/mol. The van der Waals surface area contributed by atoms with Crippen molar-refractivity contribution in [3.05, 3.63) is 69.4 Å². The standard InChI is InChI=1S/C17H14N2O3/c1-17-13-5-3-4-6-14(13)18(2)16(17)10-11-9-12(19(20)21)7-8-15(11)22-17/h3-10H,1-2H3/t17-/m1/s1. The second kappa shape index (κ2) is 4.10. The normalized spacial score (nSPS) is 21.4. The highest BCUT2D eigenvalue weighted by Gasteiger charge is 2.46. The number of nitro groups is 1. The van der Waals surface area contributed by atoms with E-state index in [1.807, 2.05) is 32.2 Å². The molecular weight excluding hydrogens is 280 g/mol. The fraction of sp³-hybridized carbons (Fsp3) is 0.176. The summed E-state index contributed by atoms with van der Waals surface area (Å²) in [6, 6.07) is 12.8. The Morgan fingerprint density at radius 2 is 2.00 bits per heavy atom. The minimum Gasteiger partial charge on any atom is -0.476 e. The first-order valence-electron chi connectivity index (χ1n) is 7.03. The number of hydrogen-bond acceptors (Lipinski definition) is 4. The lowest BCUT2D eigenvalue weighted by molar-refractivity contribution is -0.384. The number of benzene rings is 2. The summed E-state index contributed by atoms with van der Waals surface area (Å²) < 4.78 is 6.24. The van der Waals surface area contributed by atoms with Gasteiger partial charge in [-0.2, -0.15) is 0 Å². The van der Waals surface area contributed by atoms with Gasteiger partial charge in [0.05, 0.1) is 10.6 Å². The van der Waals surface area contributed by atoms with E-state index in [2.05, 4.69) is 17.0 Å². The molecule has 0 unspecified atom stereocenters. The third kappa shape index (κ3) is 1.53. The number of para-hydroxylation sites is 1. The van der Waals surface area contributed by atoms with Crippen LogP contribution in [0.15, 0.2) is 48.2 Å². The smallest absolute Gasteiger partial charge is 0.270 e. The van der Waals surface area contributed by atoms with Crippen molar-refractivity contribution < 1.29 is 9.66 Å². The van der Waals surface area contributed by atoms with Gasteiger partial charge in [0, 0.05) is 36.0 Å². The zero-order valence-corrected chi connectivity index (χ0v) is 12.2. The van der Waals surface area contributed by atoms with E-state index in [1.165, 1.54) is 6.07 Å². The van der Waals surface area contributed by atoms with Crippen LogP contribution in [0.5, 0.6) is 5.75 Å². The van der Waals surface area contributed by atoms with E-state index in [4.69, 9.17) is 4.74 Å². The van der Waals surface area contributed by atoms with Gasteiger partial charge in [0.2, 0.25) is 0 Å². The zero-order valence-electron chi connectivity index (χ0n) is 12.2. The van der Waals surface area contributed by atoms with Gasteiger partial charge in [0.15, 0.2) is 5.60 Å². The van der Waals surface area contributed by atoms with Gasteiger partial charge in [-0.1, -0.05) is 18.2 Å². The maximum Gasteiger partial charge on any atom is 0.270 e. The number of likely N-dealkylation sites (N-methyl/N-ethyl adjacent to an activating group) is 1. The van der Waals surface area contributed by atoms with E-state index in [1.54, 1.807) is 12.1 Å². The molecule has 2 aliphatic rings. The van der Waals surface area contributed by atoms with Crippen LogP contribution in [-0.4, -0.2) is 12.0 Å². The number of fused-ring (bicyclic) bond motifs is 4. The highest BCUT2D eigenvalue weighted by Crippen LogP contribution is 2.51. The molecule has 5 nitrogen and oxygen atoms in total. The van der Waals surface area contributed by atoms with Crippen molar-refractivity contribution in [2.24, 2.45) is 0 Å². The molecule has 2 aromatic rings. The van der Waals surface area contributed by atoms with E-state index in [-0.39, 0.29) is 10.6 Å². The SMILES string of the molecule is CN1C2=Cc3cc([N+](=O)[O-])ccc3O[C@]2(C)c2ccccc21. The number of hydrogen-bond donors (Lipinski definition) is 0. The molecule has 110 valence electrons. The molecule has 4 rings (SSSR count). The van der Waals surface area contributed by atoms with Gasteiger partial charge in [-0.05, 0) is 25.1 Å². The molecule has 0 radical (unpaired) electrons. The molecule has 0 N–H and O–H groups in total. The van der Waals surface area contributed by atoms with Crippen LogP contribution in [0.3, 0.4) is 0 Å². The maximum absolute atomic E-state index is 11.0. The first-order chi connectivity index (χ1) is 10.5. The van der Waals surface area contributed by atoms with Crippen LogP contribution >= 0.6 is 0 Å². The maximum atomic E-state index is 11.0. The van der Waals surface area contributed by atoms with Gasteiger partial charge in [-0.25, -0.2) is 0 Å². The first-order valence-corrected chi connectivity index (χ1v) is 7.03. The third-order valence-corrected chi connectivity index (χ3v) is 4.44. The summed E-state index contributed by atoms with van der Waals surface area (Å²) in [6.45, 7) is 2.03. The van der Waals surface area contributed by atoms with Gasteiger partial charge in [-0.15, -0.1) is 0 Å². The predicted octanol–water partition coefficient (Wildman–Crippen LogP) is 3.69. The largest absolute Gasteiger partial charge is 0.476 e. The Morgan fingerprint density at radius 3 is 2.77 bits per heavy atom. The number of non-ortho nitro benzene ring substituents is 1. The van der Waals surface area contributed by atoms with Crippen LogP contribution in [-0.2, 0) is 5.60 Å². The summed E-state index contributed by atoms with van der Waals surface area (Å²) in [7, 11) is 1.99. The van der Waals surface area contributed by atoms with Crippen LogP contribution in [0.4, 0.5) is 11.4 Å². The molecule has 2 heterocycles. The van der Waals surface area contributed by atoms with Crippen molar-refractivity contribution in [2.45, 2.75) is 12.5 Å². The summed E-state index contributed by atoms with van der Waals surface area (Å²) in [5, 5.41) is 11.0. The highest BCUT2D eigenvalue weighted by molar-refractivity contribution is 5.78. The van der Waals surface area contributed by atoms with Crippen LogP contribution in [0.25, 0.3) is 6.08 Å². The Balaban J connectivity index is 1.92. The first kappa shape index (κ1) is 12.9. The van der Waals surface area contributed by atoms with Crippen molar-refractivity contribution in [3.63, 3.8) is 0 Å². The minimum atomic E-state index is -0.561. The van der Waals surface area contributed by atoms with E-state index in [9.17, 15) is 10.1 Å². The fourth-order valence-electron chi connectivity index (χ4n) is 3.32. The fourth-order valence-corrected chi connectivity index (χ4v) is 3.32. The molecule has 2 aromatic carbocycles. The Hall–Kier alpha value is -2.82. The van der Waals surface area contributed by atoms with Crippen LogP contribution in [0, 0.1) is 10.1 Å². The topological polar surface area (TPSA) is 55.6 Å². The van der Waals surface area contributed by atoms with E-state index in [0.29, 0.717) is 5.75 Å². The molecule has 2 aliphatic heterocycles. The molecule has 22 heavy (non-hydrogen) atoms. The summed E-state index contributed by atoms with van der Waals surface area (Å²) in [5.41, 5.74) is 3.43. The van der Waals surface area contributed by atoms with E-state index >= 15 is 0 Å². The Morgan fingerprint density at radius 1 is 1.23 bits per heavy atom. The lowest BCUT2D eigenvalue weighted by Crippen LogP contribution is -2.34. The van der Waals surface area contributed by atoms with Crippen LogP contribution < -0.4 is 9.64 Å². The Bertz CT molecular complexity index is 844. The Kier molecular flexibility index (Phi) is 2.40. The quantitative estimate of drug-likeness (QED) is 0.594. The van der Waals surface area contributed by atoms with Gasteiger partial charge < -0.3 is 9.64 Å². The van der Waals surface area contributed by atoms with Gasteiger partial charge in [-0.3, -0.25) is 10.1 Å². The van der Waals surface area contributed by atoms with Gasteiger partial charge in [0.1, 0.15) is 5.75 Å². The minimum absolute atomic E-state index is 0.0703. The molecule has 0 saturated heterocycles. The van der Waals surface area contributed by atoms with Crippen LogP contribution in [0.2, 0.25) is 0 Å². The summed E-state index contributed by atoms with van der Waals surface area (Å²) in [5.74, 6) is 0.668. The molecular formula is C17H14N2O3. The second-order valence-electron chi connectivity index (χ2n) is 5.72. The van der Waals surface area contributed by atoms with Gasteiger partial charge >= 0.3 is 0 Å². The molecule has 0 aromatic heterocycles. The lowest BCUT2D eigenvalue weighted by atomic mass is 9.91. The molecule has 5 heteroatoms. The van der Waals surface area contributed by atoms with Crippen molar-refractivity contribution in [3.8, 4) is 5.75 Å². The molecule has 0 saturated carbocycles. The summed E-state index contributed by atoms with van der Waals surface area (Å²) in [4.78, 5) is 12.6. The molecule has 1 atom stereocenters. The average Bonchev–Trinajstić information content (AvgIpc) is 2.73. The average molecular weight is 294 g/mol. The molecule has 0 aliphatic carbocycles. The summed E-state index contributed by atoms with van der Waals surface area (Å²) in [6.07, 6.45) is 1.98. The summed E-state index contributed by atoms with van der Waals surface area (Å²) >= 11 is 0. The zero-order chi connectivity index (χ0) is 15.5. The molecule has 0 bridgehead atoms. The number of nitro benzene ring substituents is 1. The van der Waals surface area contributed by atoms with Crippen molar-refractivity contribution in [2.75, 3.05) is 11.9 Å². The number of anilines is 1. The number of rotatable bonds is 1. The second-order valence-corrected chi connectivity index (χ2v) is 5.72. The van der Waals surface area contributed by atoms with Crippen molar-refractivity contribution >= 4 is 17.5 Å². The third-order valence-electron chi connectivity index (χ3n) is 4.44. The van der Waals surface area contributed by atoms with Crippen molar-refractivity contribution in [1.82, 2.24) is 0 Å². The van der Waals surface area contributed by atoms with Crippen molar-refractivity contribution in [1.29, 1.82) is 0 Å². The molecule has 0 fully saturated rings. The van der Waals surface area contributed by atoms with E-state index < -0.39 is 5.60 Å². The molecule has 0 spiro atoms. The monoisotopic (exact) mass is 294 g/mol. The number of ether oxygens (including phenoxy) is 1. The Labute approximate surface area is 127 Å². The highest BCUT2D eigenvalue weighted by atomic mass is 16.6. The van der Waals surface area contributed by atoms with Crippen LogP contribution in [0.1, 0.15) is 18.1 Å². The lowest BCUT2D eigenvalue weighted by Gasteiger charge is -2.33. The number of nitrogens with zero attached hydrogens (tertiary/aromatic N) is 2.